The molecule has 18 heavy (non-hydrogen) atoms. The van der Waals surface area contributed by atoms with E-state index in [1.807, 2.05) is 0 Å². The van der Waals surface area contributed by atoms with Crippen LogP contribution in [0.1, 0.15) is 0 Å². The Labute approximate surface area is 103 Å². The Morgan fingerprint density at radius 2 is 2.06 bits per heavy atom. The van der Waals surface area contributed by atoms with Gasteiger partial charge in [0.1, 0.15) is 5.82 Å². The summed E-state index contributed by atoms with van der Waals surface area (Å²) in [5.41, 5.74) is 0.601. The van der Waals surface area contributed by atoms with Crippen LogP contribution in [0.3, 0.4) is 0 Å². The number of nitrogens with zero attached hydrogens (tertiary/aromatic N) is 4. The first-order valence-electron chi connectivity index (χ1n) is 5.82. The number of hydrogen-bond donors (Lipinski definition) is 2. The molecule has 2 N–H and O–H groups in total. The lowest BCUT2D eigenvalue weighted by Crippen LogP contribution is -2.44. The van der Waals surface area contributed by atoms with Crippen LogP contribution in [0.2, 0.25) is 0 Å². The molecule has 0 unspecified atom stereocenters. The van der Waals surface area contributed by atoms with Gasteiger partial charge in [-0.15, -0.1) is 5.10 Å². The van der Waals surface area contributed by atoms with E-state index in [2.05, 4.69) is 30.4 Å². The third-order valence-corrected chi connectivity index (χ3v) is 2.85. The summed E-state index contributed by atoms with van der Waals surface area (Å²) in [6.45, 7) is 3.59. The first-order chi connectivity index (χ1) is 8.83. The lowest BCUT2D eigenvalue weighted by molar-refractivity contribution is 0.580. The van der Waals surface area contributed by atoms with Gasteiger partial charge in [-0.2, -0.15) is 4.98 Å². The molecular formula is C11H13FN6. The molecule has 0 saturated carbocycles. The summed E-state index contributed by atoms with van der Waals surface area (Å²) in [4.78, 5) is 10.3. The molecule has 94 valence electrons. The Morgan fingerprint density at radius 3 is 2.83 bits per heavy atom. The number of halogens is 1. The number of pyridine rings is 1. The summed E-state index contributed by atoms with van der Waals surface area (Å²) >= 11 is 0. The van der Waals surface area contributed by atoms with E-state index >= 15 is 0 Å². The van der Waals surface area contributed by atoms with Gasteiger partial charge in [-0.05, 0) is 6.07 Å². The number of anilines is 1. The second kappa shape index (κ2) is 4.69. The zero-order valence-corrected chi connectivity index (χ0v) is 9.73. The molecule has 7 heteroatoms. The van der Waals surface area contributed by atoms with Crippen molar-refractivity contribution < 1.29 is 4.39 Å². The highest BCUT2D eigenvalue weighted by molar-refractivity contribution is 5.54. The summed E-state index contributed by atoms with van der Waals surface area (Å²) < 4.78 is 13.1. The Morgan fingerprint density at radius 1 is 1.22 bits per heavy atom. The van der Waals surface area contributed by atoms with E-state index in [1.165, 1.54) is 6.07 Å². The molecule has 1 aliphatic rings. The van der Waals surface area contributed by atoms with Crippen LogP contribution in [0, 0.1) is 5.82 Å². The minimum absolute atomic E-state index is 0.382. The molecule has 1 aliphatic heterocycles. The topological polar surface area (TPSA) is 69.7 Å². The second-order valence-corrected chi connectivity index (χ2v) is 4.11. The van der Waals surface area contributed by atoms with Crippen molar-refractivity contribution in [2.45, 2.75) is 0 Å². The van der Waals surface area contributed by atoms with Gasteiger partial charge in [-0.1, -0.05) is 0 Å². The first-order valence-corrected chi connectivity index (χ1v) is 5.82. The Bertz CT molecular complexity index is 534. The Hall–Kier alpha value is -2.02. The van der Waals surface area contributed by atoms with Crippen LogP contribution in [-0.4, -0.2) is 46.3 Å². The zero-order chi connectivity index (χ0) is 12.4. The number of nitrogens with one attached hydrogen (secondary N) is 2. The molecule has 1 fully saturated rings. The smallest absolute Gasteiger partial charge is 0.245 e. The van der Waals surface area contributed by atoms with Crippen molar-refractivity contribution in [3.63, 3.8) is 0 Å². The molecule has 3 heterocycles. The SMILES string of the molecule is Fc1cncc(-c2nc(N3CCNCC3)n[nH]2)c1. The van der Waals surface area contributed by atoms with Gasteiger partial charge in [0.25, 0.3) is 0 Å². The highest BCUT2D eigenvalue weighted by Gasteiger charge is 2.15. The van der Waals surface area contributed by atoms with Crippen molar-refractivity contribution in [1.29, 1.82) is 0 Å². The monoisotopic (exact) mass is 248 g/mol. The van der Waals surface area contributed by atoms with Crippen LogP contribution in [0.5, 0.6) is 0 Å². The van der Waals surface area contributed by atoms with E-state index in [-0.39, 0.29) is 5.82 Å². The predicted octanol–water partition coefficient (Wildman–Crippen LogP) is 0.415. The van der Waals surface area contributed by atoms with Crippen LogP contribution in [0.25, 0.3) is 11.4 Å². The van der Waals surface area contributed by atoms with Crippen LogP contribution in [-0.2, 0) is 0 Å². The molecule has 0 bridgehead atoms. The molecule has 0 amide bonds. The van der Waals surface area contributed by atoms with E-state index in [0.29, 0.717) is 17.3 Å². The average Bonchev–Trinajstić information content (AvgIpc) is 2.89. The third-order valence-electron chi connectivity index (χ3n) is 2.85. The zero-order valence-electron chi connectivity index (χ0n) is 9.73. The lowest BCUT2D eigenvalue weighted by atomic mass is 10.3. The summed E-state index contributed by atoms with van der Waals surface area (Å²) in [5, 5.41) is 10.2. The minimum atomic E-state index is -0.382. The number of rotatable bonds is 2. The second-order valence-electron chi connectivity index (χ2n) is 4.11. The number of aromatic amines is 1. The van der Waals surface area contributed by atoms with Gasteiger partial charge in [0, 0.05) is 37.9 Å². The lowest BCUT2D eigenvalue weighted by Gasteiger charge is -2.25. The maximum absolute atomic E-state index is 13.1. The van der Waals surface area contributed by atoms with Gasteiger partial charge in [0.2, 0.25) is 5.95 Å². The number of piperazine rings is 1. The number of aromatic nitrogens is 4. The molecule has 0 spiro atoms. The molecule has 3 rings (SSSR count). The largest absolute Gasteiger partial charge is 0.337 e. The maximum atomic E-state index is 13.1. The van der Waals surface area contributed by atoms with Crippen LogP contribution >= 0.6 is 0 Å². The van der Waals surface area contributed by atoms with Crippen molar-refractivity contribution in [3.05, 3.63) is 24.3 Å². The van der Waals surface area contributed by atoms with Crippen molar-refractivity contribution in [2.24, 2.45) is 0 Å². The molecule has 0 radical (unpaired) electrons. The fourth-order valence-corrected chi connectivity index (χ4v) is 1.93. The van der Waals surface area contributed by atoms with Gasteiger partial charge in [-0.25, -0.2) is 4.39 Å². The third kappa shape index (κ3) is 2.17. The van der Waals surface area contributed by atoms with Gasteiger partial charge >= 0.3 is 0 Å². The normalized spacial score (nSPS) is 15.9. The Balaban J connectivity index is 1.84. The van der Waals surface area contributed by atoms with Crippen molar-refractivity contribution in [3.8, 4) is 11.4 Å². The summed E-state index contributed by atoms with van der Waals surface area (Å²) in [6.07, 6.45) is 2.72. The highest BCUT2D eigenvalue weighted by Crippen LogP contribution is 2.17. The molecule has 0 atom stereocenters. The van der Waals surface area contributed by atoms with Crippen LogP contribution < -0.4 is 10.2 Å². The van der Waals surface area contributed by atoms with Crippen LogP contribution in [0.4, 0.5) is 10.3 Å². The molecule has 1 saturated heterocycles. The van der Waals surface area contributed by atoms with Crippen molar-refractivity contribution in [2.75, 3.05) is 31.1 Å². The quantitative estimate of drug-likeness (QED) is 0.806. The van der Waals surface area contributed by atoms with E-state index in [4.69, 9.17) is 0 Å². The highest BCUT2D eigenvalue weighted by atomic mass is 19.1. The predicted molar refractivity (Wildman–Crippen MR) is 64.7 cm³/mol. The van der Waals surface area contributed by atoms with Gasteiger partial charge < -0.3 is 10.2 Å². The summed E-state index contributed by atoms with van der Waals surface area (Å²) in [5.74, 6) is 0.805. The summed E-state index contributed by atoms with van der Waals surface area (Å²) in [6, 6.07) is 1.38. The molecule has 2 aromatic rings. The van der Waals surface area contributed by atoms with Crippen LogP contribution in [0.15, 0.2) is 18.5 Å². The molecule has 2 aromatic heterocycles. The van der Waals surface area contributed by atoms with Crippen molar-refractivity contribution >= 4 is 5.95 Å². The average molecular weight is 248 g/mol. The minimum Gasteiger partial charge on any atom is -0.337 e. The molecule has 0 aromatic carbocycles. The van der Waals surface area contributed by atoms with E-state index in [9.17, 15) is 4.39 Å². The molecular weight excluding hydrogens is 235 g/mol. The first kappa shape index (κ1) is 11.1. The fraction of sp³-hybridized carbons (Fsp3) is 0.364. The maximum Gasteiger partial charge on any atom is 0.245 e. The standard InChI is InChI=1S/C11H13FN6/c12-9-5-8(6-14-7-9)10-15-11(17-16-10)18-3-1-13-2-4-18/h5-7,13H,1-4H2,(H,15,16,17). The van der Waals surface area contributed by atoms with Gasteiger partial charge in [0.05, 0.1) is 6.20 Å². The van der Waals surface area contributed by atoms with Gasteiger partial charge in [-0.3, -0.25) is 10.1 Å². The molecule has 0 aliphatic carbocycles. The van der Waals surface area contributed by atoms with E-state index in [0.717, 1.165) is 32.4 Å². The Kier molecular flexibility index (Phi) is 2.89. The number of H-pyrrole nitrogens is 1. The van der Waals surface area contributed by atoms with Crippen molar-refractivity contribution in [1.82, 2.24) is 25.5 Å². The number of hydrogen-bond acceptors (Lipinski definition) is 5. The van der Waals surface area contributed by atoms with Gasteiger partial charge in [0.15, 0.2) is 5.82 Å². The fourth-order valence-electron chi connectivity index (χ4n) is 1.93. The van der Waals surface area contributed by atoms with E-state index < -0.39 is 0 Å². The van der Waals surface area contributed by atoms with E-state index in [1.54, 1.807) is 6.20 Å². The molecule has 6 nitrogen and oxygen atoms in total. The summed E-state index contributed by atoms with van der Waals surface area (Å²) in [7, 11) is 0.